The normalized spacial score (nSPS) is 13.3. The molecule has 2 unspecified atom stereocenters. The Bertz CT molecular complexity index is 818. The van der Waals surface area contributed by atoms with Gasteiger partial charge in [0.2, 0.25) is 0 Å². The zero-order valence-electron chi connectivity index (χ0n) is 30.3. The number of quaternary nitrogens is 1. The monoisotopic (exact) mass is 653 g/mol. The zero-order chi connectivity index (χ0) is 34.3. The molecule has 0 fully saturated rings. The van der Waals surface area contributed by atoms with Gasteiger partial charge in [-0.15, -0.1) is 0 Å². The van der Waals surface area contributed by atoms with Crippen LogP contribution in [-0.4, -0.2) is 80.6 Å². The van der Waals surface area contributed by atoms with Crippen molar-refractivity contribution in [2.45, 2.75) is 161 Å². The lowest BCUT2D eigenvalue weighted by atomic mass is 10.1. The fourth-order valence-corrected chi connectivity index (χ4v) is 5.20. The van der Waals surface area contributed by atoms with Gasteiger partial charge in [-0.25, -0.2) is 4.79 Å². The number of likely N-dealkylation sites (N-methyl/N-ethyl adjacent to an activating group) is 1. The van der Waals surface area contributed by atoms with E-state index in [1.807, 2.05) is 27.2 Å². The minimum Gasteiger partial charge on any atom is -0.477 e. The summed E-state index contributed by atoms with van der Waals surface area (Å²) >= 11 is 0. The Morgan fingerprint density at radius 1 is 0.652 bits per heavy atom. The first kappa shape index (κ1) is 43.8. The molecule has 1 N–H and O–H groups in total. The summed E-state index contributed by atoms with van der Waals surface area (Å²) in [6.07, 6.45) is 29.5. The molecule has 0 radical (unpaired) electrons. The molecule has 46 heavy (non-hydrogen) atoms. The number of ether oxygens (including phenoxy) is 3. The van der Waals surface area contributed by atoms with Crippen molar-refractivity contribution in [1.82, 2.24) is 0 Å². The molecular weight excluding hydrogens is 582 g/mol. The van der Waals surface area contributed by atoms with E-state index >= 15 is 0 Å². The van der Waals surface area contributed by atoms with E-state index in [4.69, 9.17) is 14.2 Å². The van der Waals surface area contributed by atoms with Crippen LogP contribution >= 0.6 is 0 Å². The number of carboxylic acid groups (broad SMARTS) is 1. The molecule has 0 bridgehead atoms. The van der Waals surface area contributed by atoms with Crippen molar-refractivity contribution in [2.24, 2.45) is 0 Å². The molecule has 0 saturated carbocycles. The van der Waals surface area contributed by atoms with Crippen molar-refractivity contribution in [3.63, 3.8) is 0 Å². The van der Waals surface area contributed by atoms with E-state index in [9.17, 15) is 19.5 Å². The number of carbonyl (C=O) groups is 3. The van der Waals surface area contributed by atoms with E-state index in [0.717, 1.165) is 32.1 Å². The summed E-state index contributed by atoms with van der Waals surface area (Å²) in [7, 11) is 5.49. The van der Waals surface area contributed by atoms with Crippen LogP contribution < -0.4 is 0 Å². The van der Waals surface area contributed by atoms with Gasteiger partial charge in [0, 0.05) is 19.3 Å². The van der Waals surface area contributed by atoms with Crippen LogP contribution in [0.2, 0.25) is 0 Å². The molecule has 0 aliphatic carbocycles. The Labute approximate surface area is 281 Å². The van der Waals surface area contributed by atoms with E-state index in [0.29, 0.717) is 19.3 Å². The van der Waals surface area contributed by atoms with Crippen molar-refractivity contribution >= 4 is 17.9 Å². The summed E-state index contributed by atoms with van der Waals surface area (Å²) in [5.74, 6) is -1.56. The van der Waals surface area contributed by atoms with Crippen LogP contribution in [-0.2, 0) is 28.6 Å². The lowest BCUT2D eigenvalue weighted by Crippen LogP contribution is -2.50. The molecular formula is C38H70NO7+. The standard InChI is InChI=1S/C38H69NO7/c1-6-8-10-12-14-16-17-18-19-21-23-25-27-29-37(41)46-34(32-44-31-30-35(38(42)43)39(3,4)5)33-45-36(40)28-26-24-22-20-15-13-11-9-7-2/h18-19,23,25,34-35H,6-17,20-22,24,26-33H2,1-5H3/p+1/b19-18+,25-23+. The predicted octanol–water partition coefficient (Wildman–Crippen LogP) is 8.96. The highest BCUT2D eigenvalue weighted by atomic mass is 16.6. The second-order valence-electron chi connectivity index (χ2n) is 13.5. The maximum atomic E-state index is 12.6. The molecule has 0 aromatic carbocycles. The highest BCUT2D eigenvalue weighted by Crippen LogP contribution is 2.12. The Balaban J connectivity index is 4.53. The van der Waals surface area contributed by atoms with E-state index < -0.39 is 18.1 Å². The molecule has 0 amide bonds. The van der Waals surface area contributed by atoms with Gasteiger partial charge in [0.1, 0.15) is 6.61 Å². The van der Waals surface area contributed by atoms with Gasteiger partial charge in [-0.3, -0.25) is 9.59 Å². The molecule has 0 aromatic heterocycles. The van der Waals surface area contributed by atoms with Crippen LogP contribution in [0.3, 0.4) is 0 Å². The third-order valence-corrected chi connectivity index (χ3v) is 8.12. The number of esters is 2. The topological polar surface area (TPSA) is 99.1 Å². The molecule has 2 atom stereocenters. The lowest BCUT2D eigenvalue weighted by Gasteiger charge is -2.31. The Kier molecular flexibility index (Phi) is 28.7. The highest BCUT2D eigenvalue weighted by Gasteiger charge is 2.31. The Morgan fingerprint density at radius 3 is 1.76 bits per heavy atom. The van der Waals surface area contributed by atoms with E-state index in [1.54, 1.807) is 0 Å². The average Bonchev–Trinajstić information content (AvgIpc) is 3.00. The number of carbonyl (C=O) groups excluding carboxylic acids is 2. The van der Waals surface area contributed by atoms with Gasteiger partial charge in [0.15, 0.2) is 12.1 Å². The van der Waals surface area contributed by atoms with Gasteiger partial charge < -0.3 is 23.8 Å². The molecule has 0 heterocycles. The molecule has 0 aliphatic heterocycles. The fraction of sp³-hybridized carbons (Fsp3) is 0.816. The van der Waals surface area contributed by atoms with Crippen LogP contribution in [0.15, 0.2) is 24.3 Å². The van der Waals surface area contributed by atoms with Gasteiger partial charge in [0.25, 0.3) is 0 Å². The van der Waals surface area contributed by atoms with Crippen molar-refractivity contribution < 1.29 is 38.2 Å². The number of hydrogen-bond donors (Lipinski definition) is 1. The molecule has 8 heteroatoms. The summed E-state index contributed by atoms with van der Waals surface area (Å²) in [5, 5.41) is 9.55. The number of carboxylic acids is 1. The lowest BCUT2D eigenvalue weighted by molar-refractivity contribution is -0.887. The first-order chi connectivity index (χ1) is 22.1. The number of rotatable bonds is 32. The fourth-order valence-electron chi connectivity index (χ4n) is 5.20. The average molecular weight is 653 g/mol. The van der Waals surface area contributed by atoms with Crippen molar-refractivity contribution in [2.75, 3.05) is 41.0 Å². The molecule has 8 nitrogen and oxygen atoms in total. The predicted molar refractivity (Wildman–Crippen MR) is 188 cm³/mol. The molecule has 268 valence electrons. The summed E-state index contributed by atoms with van der Waals surface area (Å²) in [6.45, 7) is 4.63. The number of allylic oxidation sites excluding steroid dienone is 4. The second-order valence-corrected chi connectivity index (χ2v) is 13.5. The zero-order valence-corrected chi connectivity index (χ0v) is 30.3. The smallest absolute Gasteiger partial charge is 0.362 e. The third-order valence-electron chi connectivity index (χ3n) is 8.12. The molecule has 0 saturated heterocycles. The van der Waals surface area contributed by atoms with Crippen LogP contribution in [0.25, 0.3) is 0 Å². The van der Waals surface area contributed by atoms with E-state index in [1.165, 1.54) is 77.0 Å². The second kappa shape index (κ2) is 30.2. The Hall–Kier alpha value is -2.19. The number of unbranched alkanes of at least 4 members (excludes halogenated alkanes) is 14. The quantitative estimate of drug-likeness (QED) is 0.0335. The van der Waals surface area contributed by atoms with Gasteiger partial charge in [-0.05, 0) is 32.1 Å². The maximum Gasteiger partial charge on any atom is 0.362 e. The first-order valence-corrected chi connectivity index (χ1v) is 18.4. The first-order valence-electron chi connectivity index (χ1n) is 18.4. The van der Waals surface area contributed by atoms with Crippen LogP contribution in [0, 0.1) is 0 Å². The minimum atomic E-state index is -0.883. The van der Waals surface area contributed by atoms with Crippen molar-refractivity contribution in [3.8, 4) is 0 Å². The summed E-state index contributed by atoms with van der Waals surface area (Å²) in [5.41, 5.74) is 0. The van der Waals surface area contributed by atoms with Crippen molar-refractivity contribution in [3.05, 3.63) is 24.3 Å². The van der Waals surface area contributed by atoms with Crippen molar-refractivity contribution in [1.29, 1.82) is 0 Å². The molecule has 0 spiro atoms. The number of hydrogen-bond acceptors (Lipinski definition) is 6. The molecule has 0 aromatic rings. The number of aliphatic carboxylic acids is 1. The van der Waals surface area contributed by atoms with E-state index in [2.05, 4.69) is 32.1 Å². The van der Waals surface area contributed by atoms with Crippen LogP contribution in [0.5, 0.6) is 0 Å². The van der Waals surface area contributed by atoms with Gasteiger partial charge >= 0.3 is 17.9 Å². The SMILES string of the molecule is CCCCCCCC/C=C/C/C=C/CCC(=O)OC(COCCC(C(=O)O)[N+](C)(C)C)COC(=O)CCCCCCCCCCC. The Morgan fingerprint density at radius 2 is 1.20 bits per heavy atom. The maximum absolute atomic E-state index is 12.6. The molecule has 0 rings (SSSR count). The summed E-state index contributed by atoms with van der Waals surface area (Å²) in [6, 6.07) is -0.618. The summed E-state index contributed by atoms with van der Waals surface area (Å²) in [4.78, 5) is 36.6. The van der Waals surface area contributed by atoms with E-state index in [-0.39, 0.29) is 42.7 Å². The largest absolute Gasteiger partial charge is 0.477 e. The van der Waals surface area contributed by atoms with Gasteiger partial charge in [-0.1, -0.05) is 122 Å². The summed E-state index contributed by atoms with van der Waals surface area (Å²) < 4.78 is 17.1. The highest BCUT2D eigenvalue weighted by molar-refractivity contribution is 5.72. The van der Waals surface area contributed by atoms with Crippen LogP contribution in [0.1, 0.15) is 149 Å². The molecule has 0 aliphatic rings. The van der Waals surface area contributed by atoms with Crippen LogP contribution in [0.4, 0.5) is 0 Å². The van der Waals surface area contributed by atoms with Gasteiger partial charge in [0.05, 0.1) is 34.4 Å². The number of nitrogens with zero attached hydrogens (tertiary/aromatic N) is 1. The third kappa shape index (κ3) is 28.1. The van der Waals surface area contributed by atoms with Gasteiger partial charge in [-0.2, -0.15) is 0 Å². The minimum absolute atomic E-state index is 0.0414.